The van der Waals surface area contributed by atoms with Crippen LogP contribution in [0.15, 0.2) is 0 Å². The van der Waals surface area contributed by atoms with E-state index in [1.54, 1.807) is 0 Å². The average molecular weight is 332 g/mol. The molecule has 0 radical (unpaired) electrons. The summed E-state index contributed by atoms with van der Waals surface area (Å²) in [7, 11) is 0. The maximum atomic E-state index is 11.9. The summed E-state index contributed by atoms with van der Waals surface area (Å²) in [6.45, 7) is 4.02. The SMILES string of the molecule is CC(=O)C(CC(N)=O)NC(=O)C(C)NC(=O)C(C)NC(=O)S. The summed E-state index contributed by atoms with van der Waals surface area (Å²) < 4.78 is 0. The zero-order valence-corrected chi connectivity index (χ0v) is 13.4. The highest BCUT2D eigenvalue weighted by Crippen LogP contribution is 1.96. The lowest BCUT2D eigenvalue weighted by Crippen LogP contribution is -2.54. The Kier molecular flexibility index (Phi) is 8.17. The number of carbonyl (C=O) groups is 5. The third kappa shape index (κ3) is 7.62. The fourth-order valence-corrected chi connectivity index (χ4v) is 1.64. The monoisotopic (exact) mass is 332 g/mol. The second kappa shape index (κ2) is 9.03. The molecule has 124 valence electrons. The second-order valence-electron chi connectivity index (χ2n) is 4.74. The number of Topliss-reactive ketones (excluding diaryl/α,β-unsaturated/α-hetero) is 1. The van der Waals surface area contributed by atoms with Crippen LogP contribution in [0.4, 0.5) is 4.79 Å². The molecule has 0 aliphatic carbocycles. The Morgan fingerprint density at radius 1 is 0.955 bits per heavy atom. The van der Waals surface area contributed by atoms with Crippen molar-refractivity contribution in [2.24, 2.45) is 5.73 Å². The molecule has 9 nitrogen and oxygen atoms in total. The third-order valence-electron chi connectivity index (χ3n) is 2.70. The predicted molar refractivity (Wildman–Crippen MR) is 81.0 cm³/mol. The zero-order chi connectivity index (χ0) is 17.4. The van der Waals surface area contributed by atoms with Crippen LogP contribution >= 0.6 is 12.6 Å². The molecule has 0 fully saturated rings. The number of amides is 4. The van der Waals surface area contributed by atoms with E-state index in [-0.39, 0.29) is 6.42 Å². The van der Waals surface area contributed by atoms with E-state index in [0.29, 0.717) is 0 Å². The molecule has 0 aliphatic rings. The van der Waals surface area contributed by atoms with Gasteiger partial charge in [-0.05, 0) is 20.8 Å². The minimum absolute atomic E-state index is 0.326. The van der Waals surface area contributed by atoms with Crippen LogP contribution in [-0.4, -0.2) is 46.9 Å². The molecule has 0 saturated carbocycles. The van der Waals surface area contributed by atoms with Crippen molar-refractivity contribution in [2.45, 2.75) is 45.3 Å². The van der Waals surface area contributed by atoms with Crippen LogP contribution in [0.25, 0.3) is 0 Å². The highest BCUT2D eigenvalue weighted by Gasteiger charge is 2.24. The van der Waals surface area contributed by atoms with Crippen molar-refractivity contribution >= 4 is 41.4 Å². The van der Waals surface area contributed by atoms with Gasteiger partial charge in [0.1, 0.15) is 12.1 Å². The van der Waals surface area contributed by atoms with Crippen molar-refractivity contribution in [2.75, 3.05) is 0 Å². The molecule has 0 rings (SSSR count). The molecular formula is C12H20N4O5S. The number of ketones is 1. The molecular weight excluding hydrogens is 312 g/mol. The predicted octanol–water partition coefficient (Wildman–Crippen LogP) is -1.53. The number of carbonyl (C=O) groups excluding carboxylic acids is 5. The maximum Gasteiger partial charge on any atom is 0.276 e. The van der Waals surface area contributed by atoms with Crippen molar-refractivity contribution in [3.05, 3.63) is 0 Å². The Balaban J connectivity index is 4.58. The van der Waals surface area contributed by atoms with Gasteiger partial charge >= 0.3 is 0 Å². The molecule has 0 spiro atoms. The first-order valence-corrected chi connectivity index (χ1v) is 6.88. The lowest BCUT2D eigenvalue weighted by molar-refractivity contribution is -0.132. The van der Waals surface area contributed by atoms with E-state index in [1.165, 1.54) is 20.8 Å². The molecule has 0 bridgehead atoms. The van der Waals surface area contributed by atoms with Crippen LogP contribution in [-0.2, 0) is 19.2 Å². The number of thiol groups is 1. The van der Waals surface area contributed by atoms with Crippen molar-refractivity contribution in [1.29, 1.82) is 0 Å². The molecule has 0 saturated heterocycles. The molecule has 10 heteroatoms. The second-order valence-corrected chi connectivity index (χ2v) is 5.15. The Morgan fingerprint density at radius 3 is 1.82 bits per heavy atom. The molecule has 22 heavy (non-hydrogen) atoms. The number of nitrogens with two attached hydrogens (primary N) is 1. The Labute approximate surface area is 133 Å². The van der Waals surface area contributed by atoms with Gasteiger partial charge in [-0.15, -0.1) is 0 Å². The van der Waals surface area contributed by atoms with E-state index in [9.17, 15) is 24.0 Å². The van der Waals surface area contributed by atoms with Gasteiger partial charge in [-0.25, -0.2) is 0 Å². The molecule has 0 aromatic heterocycles. The Morgan fingerprint density at radius 2 is 1.41 bits per heavy atom. The molecule has 0 aromatic rings. The van der Waals surface area contributed by atoms with Crippen molar-refractivity contribution in [1.82, 2.24) is 16.0 Å². The smallest absolute Gasteiger partial charge is 0.276 e. The van der Waals surface area contributed by atoms with Gasteiger partial charge in [0.05, 0.1) is 12.5 Å². The summed E-state index contributed by atoms with van der Waals surface area (Å²) >= 11 is 3.47. The topological polar surface area (TPSA) is 147 Å². The van der Waals surface area contributed by atoms with E-state index >= 15 is 0 Å². The lowest BCUT2D eigenvalue weighted by atomic mass is 10.1. The molecule has 0 aromatic carbocycles. The van der Waals surface area contributed by atoms with Gasteiger partial charge in [-0.3, -0.25) is 24.0 Å². The van der Waals surface area contributed by atoms with E-state index < -0.39 is 46.9 Å². The van der Waals surface area contributed by atoms with Gasteiger partial charge in [0, 0.05) is 0 Å². The summed E-state index contributed by atoms with van der Waals surface area (Å²) in [5.41, 5.74) is 4.99. The van der Waals surface area contributed by atoms with Gasteiger partial charge in [0.25, 0.3) is 5.24 Å². The van der Waals surface area contributed by atoms with Crippen LogP contribution in [0.1, 0.15) is 27.2 Å². The van der Waals surface area contributed by atoms with E-state index in [4.69, 9.17) is 5.73 Å². The minimum atomic E-state index is -1.04. The van der Waals surface area contributed by atoms with Gasteiger partial charge in [-0.2, -0.15) is 0 Å². The fourth-order valence-electron chi connectivity index (χ4n) is 1.45. The van der Waals surface area contributed by atoms with Crippen molar-refractivity contribution in [3.8, 4) is 0 Å². The van der Waals surface area contributed by atoms with Crippen molar-refractivity contribution < 1.29 is 24.0 Å². The molecule has 3 unspecified atom stereocenters. The quantitative estimate of drug-likeness (QED) is 0.342. The molecule has 0 aliphatic heterocycles. The van der Waals surface area contributed by atoms with Gasteiger partial charge < -0.3 is 21.7 Å². The first-order chi connectivity index (χ1) is 10.0. The molecule has 4 amide bonds. The van der Waals surface area contributed by atoms with E-state index in [1.807, 2.05) is 0 Å². The van der Waals surface area contributed by atoms with Gasteiger partial charge in [0.15, 0.2) is 5.78 Å². The fraction of sp³-hybridized carbons (Fsp3) is 0.583. The number of primary amides is 1. The van der Waals surface area contributed by atoms with Crippen LogP contribution in [0.5, 0.6) is 0 Å². The lowest BCUT2D eigenvalue weighted by Gasteiger charge is -2.20. The molecule has 3 atom stereocenters. The summed E-state index contributed by atoms with van der Waals surface area (Å²) in [6, 6.07) is -2.89. The van der Waals surface area contributed by atoms with Crippen LogP contribution in [0.2, 0.25) is 0 Å². The average Bonchev–Trinajstić information content (AvgIpc) is 2.35. The minimum Gasteiger partial charge on any atom is -0.370 e. The number of rotatable bonds is 8. The number of hydrogen-bond donors (Lipinski definition) is 5. The molecule has 0 heterocycles. The number of hydrogen-bond acceptors (Lipinski definition) is 5. The first-order valence-electron chi connectivity index (χ1n) is 6.43. The standard InChI is InChI=1S/C12H20N4O5S/c1-5(14-10(19)6(2)15-12(21)22)11(20)16-8(7(3)17)4-9(13)18/h5-6,8H,4H2,1-3H3,(H2,13,18)(H,14,19)(H,16,20)(H2,15,21,22). The largest absolute Gasteiger partial charge is 0.370 e. The van der Waals surface area contributed by atoms with Crippen LogP contribution in [0, 0.1) is 0 Å². The zero-order valence-electron chi connectivity index (χ0n) is 12.5. The summed E-state index contributed by atoms with van der Waals surface area (Å²) in [6.07, 6.45) is -0.326. The highest BCUT2D eigenvalue weighted by atomic mass is 32.1. The third-order valence-corrected chi connectivity index (χ3v) is 2.83. The Bertz CT molecular complexity index is 482. The van der Waals surface area contributed by atoms with Crippen LogP contribution in [0.3, 0.4) is 0 Å². The molecule has 5 N–H and O–H groups in total. The summed E-state index contributed by atoms with van der Waals surface area (Å²) in [5.74, 6) is -2.41. The maximum absolute atomic E-state index is 11.9. The number of nitrogens with one attached hydrogen (secondary N) is 3. The van der Waals surface area contributed by atoms with E-state index in [0.717, 1.165) is 0 Å². The normalized spacial score (nSPS) is 14.2. The Hall–Kier alpha value is -2.10. The van der Waals surface area contributed by atoms with Crippen molar-refractivity contribution in [3.63, 3.8) is 0 Å². The van der Waals surface area contributed by atoms with Crippen LogP contribution < -0.4 is 21.7 Å². The van der Waals surface area contributed by atoms with Gasteiger partial charge in [-0.1, -0.05) is 12.6 Å². The summed E-state index contributed by atoms with van der Waals surface area (Å²) in [4.78, 5) is 56.5. The van der Waals surface area contributed by atoms with Gasteiger partial charge in [0.2, 0.25) is 17.7 Å². The van der Waals surface area contributed by atoms with E-state index in [2.05, 4.69) is 28.6 Å². The summed E-state index contributed by atoms with van der Waals surface area (Å²) in [5, 5.41) is 6.24. The highest BCUT2D eigenvalue weighted by molar-refractivity contribution is 7.96. The first kappa shape index (κ1) is 19.9.